The van der Waals surface area contributed by atoms with Crippen LogP contribution in [0.2, 0.25) is 0 Å². The predicted molar refractivity (Wildman–Crippen MR) is 130 cm³/mol. The second kappa shape index (κ2) is 7.91. The lowest BCUT2D eigenvalue weighted by molar-refractivity contribution is 1.32. The molecule has 154 valence electrons. The van der Waals surface area contributed by atoms with Gasteiger partial charge in [-0.15, -0.1) is 0 Å². The van der Waals surface area contributed by atoms with E-state index in [0.717, 1.165) is 55.9 Å². The van der Waals surface area contributed by atoms with Gasteiger partial charge in [0, 0.05) is 22.1 Å². The van der Waals surface area contributed by atoms with Crippen molar-refractivity contribution in [3.05, 3.63) is 83.4 Å². The van der Waals surface area contributed by atoms with Crippen LogP contribution < -0.4 is 12.3 Å². The lowest BCUT2D eigenvalue weighted by Gasteiger charge is -1.85. The lowest BCUT2D eigenvalue weighted by Crippen LogP contribution is -1.74. The molecule has 7 nitrogen and oxygen atoms in total. The first-order valence-electron chi connectivity index (χ1n) is 9.51. The zero-order chi connectivity index (χ0) is 19.2. The van der Waals surface area contributed by atoms with E-state index in [2.05, 4.69) is 51.4 Å². The Morgan fingerprint density at radius 3 is 1.13 bits per heavy atom. The Morgan fingerprint density at radius 1 is 0.419 bits per heavy atom. The van der Waals surface area contributed by atoms with Gasteiger partial charge in [0.15, 0.2) is 0 Å². The highest BCUT2D eigenvalue weighted by Crippen LogP contribution is 2.18. The van der Waals surface area contributed by atoms with Crippen LogP contribution in [0, 0.1) is 0 Å². The van der Waals surface area contributed by atoms with Gasteiger partial charge in [-0.2, -0.15) is 0 Å². The van der Waals surface area contributed by atoms with Crippen LogP contribution in [0.25, 0.3) is 57.4 Å². The van der Waals surface area contributed by atoms with Crippen LogP contribution in [-0.2, 0) is 0 Å². The van der Waals surface area contributed by atoms with Crippen molar-refractivity contribution in [2.24, 2.45) is 0 Å². The third kappa shape index (κ3) is 3.95. The topological polar surface area (TPSA) is 143 Å². The molecule has 0 aliphatic carbocycles. The van der Waals surface area contributed by atoms with Crippen molar-refractivity contribution in [1.29, 1.82) is 0 Å². The molecule has 0 unspecified atom stereocenters. The third-order valence-electron chi connectivity index (χ3n) is 5.02. The van der Waals surface area contributed by atoms with E-state index in [9.17, 15) is 0 Å². The van der Waals surface area contributed by atoms with Gasteiger partial charge < -0.3 is 27.3 Å². The zero-order valence-corrected chi connectivity index (χ0v) is 16.9. The molecule has 6 heterocycles. The highest BCUT2D eigenvalue weighted by atomic mass is 14.8. The number of aromatic amines is 3. The number of fused-ring (bicyclic) bond motifs is 11. The van der Waals surface area contributed by atoms with E-state index in [1.54, 1.807) is 0 Å². The number of H-pyrrole nitrogens is 3. The zero-order valence-electron chi connectivity index (χ0n) is 16.9. The first-order valence-corrected chi connectivity index (χ1v) is 9.51. The fourth-order valence-corrected chi connectivity index (χ4v) is 3.65. The van der Waals surface area contributed by atoms with Gasteiger partial charge in [-0.3, -0.25) is 0 Å². The van der Waals surface area contributed by atoms with E-state index >= 15 is 0 Å². The van der Waals surface area contributed by atoms with Crippen molar-refractivity contribution in [2.45, 2.75) is 0 Å². The van der Waals surface area contributed by atoms with Crippen LogP contribution in [0.15, 0.2) is 60.7 Å². The van der Waals surface area contributed by atoms with Crippen LogP contribution in [-0.4, -0.2) is 24.9 Å². The molecule has 0 aromatic carbocycles. The Bertz CT molecular complexity index is 1400. The molecule has 9 N–H and O–H groups in total. The molecule has 10 bridgehead atoms. The Balaban J connectivity index is 0.00000116. The minimum Gasteiger partial charge on any atom is -0.355 e. The number of rotatable bonds is 0. The molecule has 0 atom stereocenters. The maximum atomic E-state index is 4.69. The van der Waals surface area contributed by atoms with E-state index < -0.39 is 0 Å². The van der Waals surface area contributed by atoms with Crippen molar-refractivity contribution < 1.29 is 0 Å². The van der Waals surface area contributed by atoms with Gasteiger partial charge in [-0.1, -0.05) is 0 Å². The summed E-state index contributed by atoms with van der Waals surface area (Å²) in [6.07, 6.45) is 8.10. The van der Waals surface area contributed by atoms with Crippen LogP contribution >= 0.6 is 0 Å². The minimum absolute atomic E-state index is 0. The molecule has 4 aromatic rings. The van der Waals surface area contributed by atoms with E-state index in [-0.39, 0.29) is 12.3 Å². The average molecular weight is 409 g/mol. The maximum absolute atomic E-state index is 4.69. The van der Waals surface area contributed by atoms with Crippen LogP contribution in [0.1, 0.15) is 22.8 Å². The molecular weight excluding hydrogens is 386 g/mol. The summed E-state index contributed by atoms with van der Waals surface area (Å²) < 4.78 is 0. The number of hydrogen-bond donors (Lipinski definition) is 5. The largest absolute Gasteiger partial charge is 0.355 e. The summed E-state index contributed by atoms with van der Waals surface area (Å²) in [5, 5.41) is 0. The third-order valence-corrected chi connectivity index (χ3v) is 5.02. The fourth-order valence-electron chi connectivity index (χ4n) is 3.65. The Labute approximate surface area is 178 Å². The molecule has 0 fully saturated rings. The summed E-state index contributed by atoms with van der Waals surface area (Å²) in [4.78, 5) is 19.7. The summed E-state index contributed by atoms with van der Waals surface area (Å²) in [6.45, 7) is 0. The summed E-state index contributed by atoms with van der Waals surface area (Å²) in [6, 6.07) is 20.6. The molecule has 0 amide bonds. The Kier molecular flexibility index (Phi) is 5.12. The molecule has 0 saturated carbocycles. The predicted octanol–water partition coefficient (Wildman–Crippen LogP) is 6.02. The average Bonchev–Trinajstić information content (AvgIpc) is 3.50. The summed E-state index contributed by atoms with van der Waals surface area (Å²) in [5.74, 6) is 0. The molecular formula is C24H23N7. The summed E-state index contributed by atoms with van der Waals surface area (Å²) in [7, 11) is 0. The van der Waals surface area contributed by atoms with Gasteiger partial charge in [0.2, 0.25) is 0 Å². The molecule has 0 spiro atoms. The first kappa shape index (κ1) is 20.1. The van der Waals surface area contributed by atoms with Crippen LogP contribution in [0.4, 0.5) is 0 Å². The summed E-state index contributed by atoms with van der Waals surface area (Å²) >= 11 is 0. The van der Waals surface area contributed by atoms with Crippen LogP contribution in [0.3, 0.4) is 0 Å². The van der Waals surface area contributed by atoms with E-state index in [1.807, 2.05) is 48.6 Å². The normalized spacial score (nSPS) is 11.7. The van der Waals surface area contributed by atoms with E-state index in [0.29, 0.717) is 0 Å². The van der Waals surface area contributed by atoms with E-state index in [4.69, 9.17) is 9.97 Å². The second-order valence-corrected chi connectivity index (χ2v) is 7.19. The SMILES string of the molecule is C1=Cc2cc3ccc([nH]3)c3ccc(cc4nc(cc5ccc(cc1n2)[nH]5)C=C4)[nH]3.N.N. The number of aromatic nitrogens is 5. The fraction of sp³-hybridized carbons (Fsp3) is 0. The smallest absolute Gasteiger partial charge is 0.0658 e. The van der Waals surface area contributed by atoms with E-state index in [1.165, 1.54) is 0 Å². The van der Waals surface area contributed by atoms with Gasteiger partial charge in [-0.25, -0.2) is 9.97 Å². The van der Waals surface area contributed by atoms with Gasteiger partial charge in [-0.05, 0) is 85.0 Å². The van der Waals surface area contributed by atoms with Crippen LogP contribution in [0.5, 0.6) is 0 Å². The molecule has 0 radical (unpaired) electrons. The number of hydrogen-bond acceptors (Lipinski definition) is 4. The Morgan fingerprint density at radius 2 is 0.742 bits per heavy atom. The maximum Gasteiger partial charge on any atom is 0.0658 e. The van der Waals surface area contributed by atoms with Crippen molar-refractivity contribution in [3.63, 3.8) is 0 Å². The van der Waals surface area contributed by atoms with Gasteiger partial charge in [0.25, 0.3) is 0 Å². The molecule has 2 aliphatic heterocycles. The minimum atomic E-state index is 0. The molecule has 0 saturated heterocycles. The van der Waals surface area contributed by atoms with Crippen molar-refractivity contribution in [1.82, 2.24) is 37.2 Å². The lowest BCUT2D eigenvalue weighted by atomic mass is 10.3. The molecule has 6 rings (SSSR count). The van der Waals surface area contributed by atoms with Gasteiger partial charge in [0.05, 0.1) is 33.8 Å². The highest BCUT2D eigenvalue weighted by Gasteiger charge is 2.01. The Hall–Kier alpha value is -4.20. The van der Waals surface area contributed by atoms with Gasteiger partial charge in [0.1, 0.15) is 0 Å². The number of nitrogens with zero attached hydrogens (tertiary/aromatic N) is 2. The monoisotopic (exact) mass is 409 g/mol. The van der Waals surface area contributed by atoms with Crippen molar-refractivity contribution in [2.75, 3.05) is 0 Å². The standard InChI is InChI=1S/C24H17N5.2H3N/c1-2-16-12-18-4-6-20(27-18)14-22-8-10-24(29-22)23-9-7-21(28-23)13-19-5-3-17(26-19)11-15(1)25-16;;/h1-14,25,28-29H;2*1H3. The molecule has 31 heavy (non-hydrogen) atoms. The van der Waals surface area contributed by atoms with Gasteiger partial charge >= 0.3 is 0 Å². The summed E-state index contributed by atoms with van der Waals surface area (Å²) in [5.41, 5.74) is 9.83. The quantitative estimate of drug-likeness (QED) is 0.209. The highest BCUT2D eigenvalue weighted by molar-refractivity contribution is 5.82. The molecule has 7 heteroatoms. The first-order chi connectivity index (χ1) is 14.3. The second-order valence-electron chi connectivity index (χ2n) is 7.19. The number of nitrogens with one attached hydrogen (secondary N) is 3. The van der Waals surface area contributed by atoms with Crippen molar-refractivity contribution in [3.8, 4) is 0 Å². The molecule has 4 aromatic heterocycles. The molecule has 2 aliphatic rings. The van der Waals surface area contributed by atoms with Crippen molar-refractivity contribution >= 4 is 57.4 Å².